The highest BCUT2D eigenvalue weighted by atomic mass is 15.2. The lowest BCUT2D eigenvalue weighted by atomic mass is 10.1. The van der Waals surface area contributed by atoms with Crippen LogP contribution in [-0.2, 0) is 0 Å². The highest BCUT2D eigenvalue weighted by Gasteiger charge is 2.23. The molecule has 1 saturated heterocycles. The van der Waals surface area contributed by atoms with E-state index in [1.165, 1.54) is 19.5 Å². The molecular formula is C13H22N4. The number of hydrogen-bond acceptors (Lipinski definition) is 4. The summed E-state index contributed by atoms with van der Waals surface area (Å²) >= 11 is 0. The van der Waals surface area contributed by atoms with Crippen LogP contribution in [0.15, 0.2) is 12.4 Å². The van der Waals surface area contributed by atoms with Gasteiger partial charge < -0.3 is 10.2 Å². The second-order valence-electron chi connectivity index (χ2n) is 5.17. The molecule has 0 saturated carbocycles. The van der Waals surface area contributed by atoms with Gasteiger partial charge in [-0.2, -0.15) is 0 Å². The maximum Gasteiger partial charge on any atom is 0.129 e. The Morgan fingerprint density at radius 1 is 1.47 bits per heavy atom. The topological polar surface area (TPSA) is 41.0 Å². The highest BCUT2D eigenvalue weighted by molar-refractivity contribution is 5.34. The summed E-state index contributed by atoms with van der Waals surface area (Å²) in [5.41, 5.74) is 1.01. The number of anilines is 1. The van der Waals surface area contributed by atoms with Crippen LogP contribution in [0.3, 0.4) is 0 Å². The lowest BCUT2D eigenvalue weighted by Crippen LogP contribution is -2.29. The van der Waals surface area contributed by atoms with Gasteiger partial charge in [-0.15, -0.1) is 0 Å². The number of nitrogens with zero attached hydrogens (tertiary/aromatic N) is 3. The predicted octanol–water partition coefficient (Wildman–Crippen LogP) is 1.93. The molecule has 1 atom stereocenters. The fourth-order valence-electron chi connectivity index (χ4n) is 2.30. The molecule has 0 amide bonds. The van der Waals surface area contributed by atoms with Crippen LogP contribution in [0.4, 0.5) is 5.82 Å². The van der Waals surface area contributed by atoms with Crippen LogP contribution in [0.25, 0.3) is 0 Å². The third-order valence-electron chi connectivity index (χ3n) is 3.42. The normalized spacial score (nSPS) is 21.1. The van der Waals surface area contributed by atoms with E-state index in [4.69, 9.17) is 0 Å². The number of hydrogen-bond donors (Lipinski definition) is 1. The Balaban J connectivity index is 1.80. The molecule has 0 radical (unpaired) electrons. The van der Waals surface area contributed by atoms with Crippen LogP contribution in [0.2, 0.25) is 0 Å². The summed E-state index contributed by atoms with van der Waals surface area (Å²) in [4.78, 5) is 10.9. The number of aryl methyl sites for hydroxylation is 1. The monoisotopic (exact) mass is 234 g/mol. The van der Waals surface area contributed by atoms with Crippen molar-refractivity contribution < 1.29 is 0 Å². The molecule has 1 aliphatic heterocycles. The molecular weight excluding hydrogens is 212 g/mol. The first-order valence-corrected chi connectivity index (χ1v) is 6.41. The van der Waals surface area contributed by atoms with Crippen molar-refractivity contribution in [3.05, 3.63) is 18.1 Å². The van der Waals surface area contributed by atoms with Gasteiger partial charge in [0.05, 0.1) is 0 Å². The van der Waals surface area contributed by atoms with Crippen molar-refractivity contribution in [2.24, 2.45) is 5.92 Å². The first-order chi connectivity index (χ1) is 8.15. The summed E-state index contributed by atoms with van der Waals surface area (Å²) in [5.74, 6) is 1.69. The second-order valence-corrected chi connectivity index (χ2v) is 5.17. The van der Waals surface area contributed by atoms with Gasteiger partial charge in [0.2, 0.25) is 0 Å². The van der Waals surface area contributed by atoms with E-state index in [-0.39, 0.29) is 0 Å². The molecule has 17 heavy (non-hydrogen) atoms. The third kappa shape index (κ3) is 3.40. The van der Waals surface area contributed by atoms with Gasteiger partial charge in [0, 0.05) is 30.9 Å². The molecule has 0 aromatic carbocycles. The van der Waals surface area contributed by atoms with Crippen molar-refractivity contribution in [1.29, 1.82) is 0 Å². The first-order valence-electron chi connectivity index (χ1n) is 6.41. The van der Waals surface area contributed by atoms with Crippen molar-refractivity contribution in [1.82, 2.24) is 14.9 Å². The van der Waals surface area contributed by atoms with Crippen LogP contribution in [0.5, 0.6) is 0 Å². The van der Waals surface area contributed by atoms with Gasteiger partial charge in [-0.1, -0.05) is 0 Å². The molecule has 4 heteroatoms. The summed E-state index contributed by atoms with van der Waals surface area (Å²) in [6.45, 7) is 9.97. The largest absolute Gasteiger partial charge is 0.370 e. The van der Waals surface area contributed by atoms with Crippen molar-refractivity contribution in [3.8, 4) is 0 Å². The van der Waals surface area contributed by atoms with E-state index in [1.54, 1.807) is 6.33 Å². The summed E-state index contributed by atoms with van der Waals surface area (Å²) in [6, 6.07) is 2.66. The SMILES string of the molecule is Cc1cc(NCC2CCN(C(C)C)C2)ncn1. The fourth-order valence-corrected chi connectivity index (χ4v) is 2.30. The molecule has 0 aliphatic carbocycles. The number of nitrogens with one attached hydrogen (secondary N) is 1. The number of rotatable bonds is 4. The maximum atomic E-state index is 4.22. The molecule has 2 rings (SSSR count). The lowest BCUT2D eigenvalue weighted by molar-refractivity contribution is 0.266. The van der Waals surface area contributed by atoms with E-state index in [0.717, 1.165) is 24.0 Å². The molecule has 0 spiro atoms. The Labute approximate surface area is 103 Å². The van der Waals surface area contributed by atoms with Crippen molar-refractivity contribution in [3.63, 3.8) is 0 Å². The highest BCUT2D eigenvalue weighted by Crippen LogP contribution is 2.18. The molecule has 1 aromatic rings. The number of aromatic nitrogens is 2. The molecule has 4 nitrogen and oxygen atoms in total. The summed E-state index contributed by atoms with van der Waals surface area (Å²) in [6.07, 6.45) is 2.90. The van der Waals surface area contributed by atoms with Crippen LogP contribution >= 0.6 is 0 Å². The van der Waals surface area contributed by atoms with E-state index in [1.807, 2.05) is 13.0 Å². The Bertz CT molecular complexity index is 364. The van der Waals surface area contributed by atoms with Gasteiger partial charge in [-0.25, -0.2) is 9.97 Å². The summed E-state index contributed by atoms with van der Waals surface area (Å²) < 4.78 is 0. The van der Waals surface area contributed by atoms with Crippen molar-refractivity contribution >= 4 is 5.82 Å². The molecule has 1 N–H and O–H groups in total. The molecule has 1 unspecified atom stereocenters. The minimum absolute atomic E-state index is 0.668. The first kappa shape index (κ1) is 12.3. The predicted molar refractivity (Wildman–Crippen MR) is 70.1 cm³/mol. The van der Waals surface area contributed by atoms with E-state index < -0.39 is 0 Å². The van der Waals surface area contributed by atoms with E-state index in [0.29, 0.717) is 6.04 Å². The summed E-state index contributed by atoms with van der Waals surface area (Å²) in [5, 5.41) is 3.41. The van der Waals surface area contributed by atoms with Crippen LogP contribution in [0, 0.1) is 12.8 Å². The minimum atomic E-state index is 0.668. The molecule has 2 heterocycles. The zero-order valence-corrected chi connectivity index (χ0v) is 11.0. The quantitative estimate of drug-likeness (QED) is 0.864. The number of likely N-dealkylation sites (tertiary alicyclic amines) is 1. The van der Waals surface area contributed by atoms with Gasteiger partial charge in [0.15, 0.2) is 0 Å². The van der Waals surface area contributed by atoms with Crippen LogP contribution in [0.1, 0.15) is 26.0 Å². The fraction of sp³-hybridized carbons (Fsp3) is 0.692. The van der Waals surface area contributed by atoms with Gasteiger partial charge in [0.1, 0.15) is 12.1 Å². The van der Waals surface area contributed by atoms with E-state index in [9.17, 15) is 0 Å². The lowest BCUT2D eigenvalue weighted by Gasteiger charge is -2.20. The van der Waals surface area contributed by atoms with Crippen molar-refractivity contribution in [2.75, 3.05) is 25.0 Å². The molecule has 1 aromatic heterocycles. The average molecular weight is 234 g/mol. The Morgan fingerprint density at radius 3 is 2.94 bits per heavy atom. The third-order valence-corrected chi connectivity index (χ3v) is 3.42. The standard InChI is InChI=1S/C13H22N4/c1-10(2)17-5-4-12(8-17)7-14-13-6-11(3)15-9-16-13/h6,9-10,12H,4-5,7-8H2,1-3H3,(H,14,15,16). The molecule has 94 valence electrons. The Hall–Kier alpha value is -1.16. The molecule has 1 aliphatic rings. The maximum absolute atomic E-state index is 4.22. The summed E-state index contributed by atoms with van der Waals surface area (Å²) in [7, 11) is 0. The van der Waals surface area contributed by atoms with Gasteiger partial charge in [0.25, 0.3) is 0 Å². The molecule has 1 fully saturated rings. The van der Waals surface area contributed by atoms with Crippen LogP contribution in [-0.4, -0.2) is 40.5 Å². The molecule has 0 bridgehead atoms. The van der Waals surface area contributed by atoms with Crippen LogP contribution < -0.4 is 5.32 Å². The van der Waals surface area contributed by atoms with E-state index >= 15 is 0 Å². The second kappa shape index (κ2) is 5.45. The van der Waals surface area contributed by atoms with Gasteiger partial charge >= 0.3 is 0 Å². The Kier molecular flexibility index (Phi) is 3.94. The minimum Gasteiger partial charge on any atom is -0.370 e. The van der Waals surface area contributed by atoms with Crippen molar-refractivity contribution in [2.45, 2.75) is 33.2 Å². The van der Waals surface area contributed by atoms with E-state index in [2.05, 4.69) is 34.0 Å². The smallest absolute Gasteiger partial charge is 0.129 e. The Morgan fingerprint density at radius 2 is 2.29 bits per heavy atom. The average Bonchev–Trinajstić information content (AvgIpc) is 2.75. The zero-order chi connectivity index (χ0) is 12.3. The van der Waals surface area contributed by atoms with Gasteiger partial charge in [-0.3, -0.25) is 0 Å². The zero-order valence-electron chi connectivity index (χ0n) is 11.0. The van der Waals surface area contributed by atoms with Gasteiger partial charge in [-0.05, 0) is 39.7 Å².